The van der Waals surface area contributed by atoms with Crippen molar-refractivity contribution in [2.45, 2.75) is 65.6 Å². The van der Waals surface area contributed by atoms with Crippen molar-refractivity contribution in [3.05, 3.63) is 40.8 Å². The molecule has 0 unspecified atom stereocenters. The molecule has 26 heavy (non-hydrogen) atoms. The van der Waals surface area contributed by atoms with Crippen LogP contribution in [-0.2, 0) is 13.2 Å². The fourth-order valence-corrected chi connectivity index (χ4v) is 3.67. The Morgan fingerprint density at radius 3 is 2.69 bits per heavy atom. The van der Waals surface area contributed by atoms with Crippen LogP contribution in [0.3, 0.4) is 0 Å². The zero-order chi connectivity index (χ0) is 18.5. The minimum Gasteiger partial charge on any atom is -0.493 e. The Kier molecular flexibility index (Phi) is 6.20. The van der Waals surface area contributed by atoms with E-state index in [1.165, 1.54) is 31.2 Å². The maximum atomic E-state index is 5.96. The summed E-state index contributed by atoms with van der Waals surface area (Å²) in [5.74, 6) is 3.04. The Hall–Kier alpha value is -2.01. The number of aromatic nitrogens is 1. The van der Waals surface area contributed by atoms with Crippen molar-refractivity contribution in [2.75, 3.05) is 7.11 Å². The van der Waals surface area contributed by atoms with Gasteiger partial charge in [0.1, 0.15) is 12.4 Å². The number of benzene rings is 1. The fraction of sp³-hybridized carbons (Fsp3) is 0.571. The molecule has 5 nitrogen and oxygen atoms in total. The van der Waals surface area contributed by atoms with Crippen molar-refractivity contribution >= 4 is 0 Å². The average Bonchev–Trinajstić information content (AvgIpc) is 2.97. The van der Waals surface area contributed by atoms with E-state index in [9.17, 15) is 0 Å². The van der Waals surface area contributed by atoms with Crippen LogP contribution in [-0.4, -0.2) is 18.3 Å². The SMILES string of the molecule is COc1cc(CN[C@H]2CCCC[C@H]2C)ccc1OCc1c(C)noc1C. The molecule has 1 aliphatic carbocycles. The molecule has 5 heteroatoms. The summed E-state index contributed by atoms with van der Waals surface area (Å²) in [5, 5.41) is 7.68. The van der Waals surface area contributed by atoms with Crippen LogP contribution < -0.4 is 14.8 Å². The Balaban J connectivity index is 1.62. The van der Waals surface area contributed by atoms with Gasteiger partial charge in [-0.05, 0) is 50.3 Å². The van der Waals surface area contributed by atoms with E-state index in [1.54, 1.807) is 7.11 Å². The van der Waals surface area contributed by atoms with Crippen LogP contribution in [0.25, 0.3) is 0 Å². The lowest BCUT2D eigenvalue weighted by Crippen LogP contribution is -2.36. The molecule has 1 N–H and O–H groups in total. The largest absolute Gasteiger partial charge is 0.493 e. The molecule has 0 spiro atoms. The standard InChI is InChI=1S/C21H30N2O3/c1-14-7-5-6-8-19(14)22-12-17-9-10-20(21(11-17)24-4)25-13-18-15(2)23-26-16(18)3/h9-11,14,19,22H,5-8,12-13H2,1-4H3/t14-,19+/m1/s1. The zero-order valence-corrected chi connectivity index (χ0v) is 16.3. The van der Waals surface area contributed by atoms with Crippen molar-refractivity contribution in [1.29, 1.82) is 0 Å². The number of rotatable bonds is 7. The van der Waals surface area contributed by atoms with Gasteiger partial charge >= 0.3 is 0 Å². The Morgan fingerprint density at radius 2 is 2.00 bits per heavy atom. The van der Waals surface area contributed by atoms with Crippen molar-refractivity contribution < 1.29 is 14.0 Å². The first kappa shape index (κ1) is 18.8. The van der Waals surface area contributed by atoms with E-state index in [0.29, 0.717) is 12.6 Å². The van der Waals surface area contributed by atoms with E-state index in [0.717, 1.165) is 41.0 Å². The van der Waals surface area contributed by atoms with Crippen molar-refractivity contribution in [1.82, 2.24) is 10.5 Å². The molecule has 2 aromatic rings. The van der Waals surface area contributed by atoms with Gasteiger partial charge in [0.05, 0.1) is 18.4 Å². The average molecular weight is 358 g/mol. The van der Waals surface area contributed by atoms with Crippen molar-refractivity contribution in [2.24, 2.45) is 5.92 Å². The van der Waals surface area contributed by atoms with E-state index in [2.05, 4.69) is 29.5 Å². The van der Waals surface area contributed by atoms with Gasteiger partial charge in [0.2, 0.25) is 0 Å². The first-order chi connectivity index (χ1) is 12.6. The second-order valence-corrected chi connectivity index (χ2v) is 7.33. The maximum Gasteiger partial charge on any atom is 0.161 e. The molecule has 1 fully saturated rings. The number of nitrogens with zero attached hydrogens (tertiary/aromatic N) is 1. The highest BCUT2D eigenvalue weighted by Crippen LogP contribution is 2.30. The number of ether oxygens (including phenoxy) is 2. The molecule has 1 aromatic carbocycles. The highest BCUT2D eigenvalue weighted by Gasteiger charge is 2.20. The predicted octanol–water partition coefficient (Wildman–Crippen LogP) is 4.55. The third-order valence-electron chi connectivity index (χ3n) is 5.46. The van der Waals surface area contributed by atoms with Gasteiger partial charge in [-0.15, -0.1) is 0 Å². The Morgan fingerprint density at radius 1 is 1.19 bits per heavy atom. The summed E-state index contributed by atoms with van der Waals surface area (Å²) < 4.78 is 16.7. The highest BCUT2D eigenvalue weighted by atomic mass is 16.5. The smallest absolute Gasteiger partial charge is 0.161 e. The minimum absolute atomic E-state index is 0.425. The number of hydrogen-bond acceptors (Lipinski definition) is 5. The summed E-state index contributed by atoms with van der Waals surface area (Å²) in [7, 11) is 1.68. The molecule has 0 saturated heterocycles. The fourth-order valence-electron chi connectivity index (χ4n) is 3.67. The Bertz CT molecular complexity index is 707. The van der Waals surface area contributed by atoms with Gasteiger partial charge in [-0.2, -0.15) is 0 Å². The lowest BCUT2D eigenvalue weighted by Gasteiger charge is -2.29. The molecule has 1 aliphatic rings. The van der Waals surface area contributed by atoms with Gasteiger partial charge < -0.3 is 19.3 Å². The first-order valence-electron chi connectivity index (χ1n) is 9.53. The molecule has 1 heterocycles. The normalized spacial score (nSPS) is 20.2. The van der Waals surface area contributed by atoms with E-state index >= 15 is 0 Å². The zero-order valence-electron chi connectivity index (χ0n) is 16.3. The van der Waals surface area contributed by atoms with E-state index in [1.807, 2.05) is 19.9 Å². The first-order valence-corrected chi connectivity index (χ1v) is 9.53. The summed E-state index contributed by atoms with van der Waals surface area (Å²) >= 11 is 0. The van der Waals surface area contributed by atoms with Gasteiger partial charge in [-0.1, -0.05) is 31.0 Å². The number of methoxy groups -OCH3 is 1. The quantitative estimate of drug-likeness (QED) is 0.787. The third kappa shape index (κ3) is 4.39. The van der Waals surface area contributed by atoms with Crippen molar-refractivity contribution in [3.8, 4) is 11.5 Å². The van der Waals surface area contributed by atoms with E-state index in [4.69, 9.17) is 14.0 Å². The highest BCUT2D eigenvalue weighted by molar-refractivity contribution is 5.43. The van der Waals surface area contributed by atoms with Gasteiger partial charge in [0.15, 0.2) is 11.5 Å². The van der Waals surface area contributed by atoms with Crippen LogP contribution in [0, 0.1) is 19.8 Å². The van der Waals surface area contributed by atoms with Gasteiger partial charge in [0, 0.05) is 12.6 Å². The van der Waals surface area contributed by atoms with Gasteiger partial charge in [-0.25, -0.2) is 0 Å². The monoisotopic (exact) mass is 358 g/mol. The molecule has 1 aromatic heterocycles. The van der Waals surface area contributed by atoms with Crippen LogP contribution >= 0.6 is 0 Å². The number of hydrogen-bond donors (Lipinski definition) is 1. The molecule has 0 aliphatic heterocycles. The van der Waals surface area contributed by atoms with E-state index < -0.39 is 0 Å². The molecule has 142 valence electrons. The Labute approximate surface area is 156 Å². The molecule has 0 radical (unpaired) electrons. The predicted molar refractivity (Wildman–Crippen MR) is 102 cm³/mol. The van der Waals surface area contributed by atoms with Crippen LogP contribution in [0.2, 0.25) is 0 Å². The second kappa shape index (κ2) is 8.58. The lowest BCUT2D eigenvalue weighted by atomic mass is 9.86. The summed E-state index contributed by atoms with van der Waals surface area (Å²) in [4.78, 5) is 0. The molecule has 0 bridgehead atoms. The molecular weight excluding hydrogens is 328 g/mol. The number of nitrogens with one attached hydrogen (secondary N) is 1. The van der Waals surface area contributed by atoms with Crippen LogP contribution in [0.1, 0.15) is 55.2 Å². The lowest BCUT2D eigenvalue weighted by molar-refractivity contribution is 0.277. The number of aryl methyl sites for hydroxylation is 2. The van der Waals surface area contributed by atoms with Crippen LogP contribution in [0.5, 0.6) is 11.5 Å². The topological polar surface area (TPSA) is 56.5 Å². The third-order valence-corrected chi connectivity index (χ3v) is 5.46. The van der Waals surface area contributed by atoms with Crippen LogP contribution in [0.15, 0.2) is 22.7 Å². The van der Waals surface area contributed by atoms with E-state index in [-0.39, 0.29) is 0 Å². The van der Waals surface area contributed by atoms with Gasteiger partial charge in [-0.3, -0.25) is 0 Å². The molecule has 2 atom stereocenters. The van der Waals surface area contributed by atoms with Crippen molar-refractivity contribution in [3.63, 3.8) is 0 Å². The summed E-state index contributed by atoms with van der Waals surface area (Å²) in [6, 6.07) is 6.76. The molecule has 0 amide bonds. The molecule has 3 rings (SSSR count). The summed E-state index contributed by atoms with van der Waals surface area (Å²) in [5.41, 5.74) is 3.07. The summed E-state index contributed by atoms with van der Waals surface area (Å²) in [6.07, 6.45) is 5.30. The maximum absolute atomic E-state index is 5.96. The summed E-state index contributed by atoms with van der Waals surface area (Å²) in [6.45, 7) is 7.46. The second-order valence-electron chi connectivity index (χ2n) is 7.33. The molecular formula is C21H30N2O3. The molecule has 1 saturated carbocycles. The van der Waals surface area contributed by atoms with Gasteiger partial charge in [0.25, 0.3) is 0 Å². The van der Waals surface area contributed by atoms with Crippen LogP contribution in [0.4, 0.5) is 0 Å². The minimum atomic E-state index is 0.425.